The van der Waals surface area contributed by atoms with Crippen LogP contribution in [0.15, 0.2) is 72.2 Å². The Morgan fingerprint density at radius 1 is 1.05 bits per heavy atom. The van der Waals surface area contributed by atoms with Gasteiger partial charge in [-0.25, -0.2) is 4.98 Å². The Labute approximate surface area is 214 Å². The fourth-order valence-electron chi connectivity index (χ4n) is 4.99. The highest BCUT2D eigenvalue weighted by Gasteiger charge is 2.28. The van der Waals surface area contributed by atoms with Gasteiger partial charge in [-0.1, -0.05) is 18.2 Å². The third-order valence-electron chi connectivity index (χ3n) is 6.94. The van der Waals surface area contributed by atoms with Gasteiger partial charge in [0.25, 0.3) is 0 Å². The van der Waals surface area contributed by atoms with Crippen LogP contribution < -0.4 is 5.32 Å². The van der Waals surface area contributed by atoms with E-state index in [4.69, 9.17) is 9.84 Å². The molecule has 0 spiro atoms. The molecular formula is C27H30N8O2. The van der Waals surface area contributed by atoms with E-state index in [1.54, 1.807) is 23.9 Å². The average molecular weight is 499 g/mol. The summed E-state index contributed by atoms with van der Waals surface area (Å²) in [6.07, 6.45) is 12.2. The number of nitrogens with one attached hydrogen (secondary N) is 1. The molecule has 6 rings (SSSR count). The second kappa shape index (κ2) is 9.70. The molecule has 10 nitrogen and oxygen atoms in total. The van der Waals surface area contributed by atoms with Crippen LogP contribution in [0.3, 0.4) is 0 Å². The number of likely N-dealkylation sites (N-methyl/N-ethyl adjacent to an activating group) is 1. The van der Waals surface area contributed by atoms with Crippen LogP contribution in [0.25, 0.3) is 22.2 Å². The van der Waals surface area contributed by atoms with E-state index >= 15 is 0 Å². The summed E-state index contributed by atoms with van der Waals surface area (Å²) in [7, 11) is 3.64. The summed E-state index contributed by atoms with van der Waals surface area (Å²) < 4.78 is 10.1. The van der Waals surface area contributed by atoms with E-state index in [0.717, 1.165) is 59.3 Å². The minimum Gasteiger partial charge on any atom is -0.473 e. The molecule has 1 aliphatic heterocycles. The summed E-state index contributed by atoms with van der Waals surface area (Å²) in [5, 5.41) is 29.4. The minimum absolute atomic E-state index is 0.0832. The van der Waals surface area contributed by atoms with Crippen molar-refractivity contribution in [2.24, 2.45) is 12.1 Å². The predicted octanol–water partition coefficient (Wildman–Crippen LogP) is 4.21. The number of hydrogen-bond acceptors (Lipinski definition) is 8. The zero-order valence-corrected chi connectivity index (χ0v) is 20.9. The van der Waals surface area contributed by atoms with Crippen LogP contribution in [-0.4, -0.2) is 59.9 Å². The lowest BCUT2D eigenvalue weighted by Crippen LogP contribution is -2.32. The molecule has 1 aliphatic carbocycles. The Morgan fingerprint density at radius 2 is 1.86 bits per heavy atom. The summed E-state index contributed by atoms with van der Waals surface area (Å²) in [5.74, 6) is 1.32. The first-order valence-corrected chi connectivity index (χ1v) is 12.6. The summed E-state index contributed by atoms with van der Waals surface area (Å²) in [6.45, 7) is 0. The summed E-state index contributed by atoms with van der Waals surface area (Å²) in [5.41, 5.74) is 3.90. The molecular weight excluding hydrogens is 468 g/mol. The first-order chi connectivity index (χ1) is 18.0. The number of aromatic nitrogens is 5. The van der Waals surface area contributed by atoms with Crippen molar-refractivity contribution in [1.29, 1.82) is 0 Å². The number of aryl methyl sites for hydroxylation is 1. The van der Waals surface area contributed by atoms with Crippen LogP contribution in [-0.2, 0) is 11.8 Å². The van der Waals surface area contributed by atoms with E-state index in [9.17, 15) is 5.11 Å². The van der Waals surface area contributed by atoms with Crippen molar-refractivity contribution in [3.63, 3.8) is 0 Å². The highest BCUT2D eigenvalue weighted by Crippen LogP contribution is 2.36. The number of aliphatic hydroxyl groups excluding tert-OH is 1. The van der Waals surface area contributed by atoms with Gasteiger partial charge >= 0.3 is 0 Å². The Morgan fingerprint density at radius 3 is 2.59 bits per heavy atom. The third-order valence-corrected chi connectivity index (χ3v) is 6.94. The number of para-hydroxylation sites is 1. The molecule has 4 heterocycles. The third kappa shape index (κ3) is 4.79. The number of hydrazone groups is 1. The maximum Gasteiger partial charge on any atom is 0.230 e. The standard InChI is InChI=1S/C27H30N8O2/c1-33-17-18(15-29-33)27-22-16-28-24(30-19-6-4-3-5-7-19)14-23(22)35(32-27)20-8-10-21(11-9-20)37-25-12-13-26(36)34(2)31-25/h3-7,12-17,20-21,26,36H,8-11H2,1-2H3,(H,28,30). The first-order valence-electron chi connectivity index (χ1n) is 12.6. The van der Waals surface area contributed by atoms with Crippen LogP contribution in [0.2, 0.25) is 0 Å². The van der Waals surface area contributed by atoms with E-state index in [-0.39, 0.29) is 12.1 Å². The molecule has 0 bridgehead atoms. The zero-order chi connectivity index (χ0) is 25.4. The largest absolute Gasteiger partial charge is 0.473 e. The van der Waals surface area contributed by atoms with E-state index in [1.807, 2.05) is 56.0 Å². The van der Waals surface area contributed by atoms with Gasteiger partial charge in [0.15, 0.2) is 6.23 Å². The van der Waals surface area contributed by atoms with Crippen molar-refractivity contribution in [3.8, 4) is 11.3 Å². The Kier molecular flexibility index (Phi) is 6.09. The number of pyridine rings is 1. The SMILES string of the molecule is CN1N=C(OC2CCC(n3nc(-c4cnn(C)c4)c4cnc(Nc5ccccc5)cc43)CC2)C=CC1O. The van der Waals surface area contributed by atoms with E-state index in [1.165, 1.54) is 5.01 Å². The van der Waals surface area contributed by atoms with Gasteiger partial charge in [0.2, 0.25) is 5.90 Å². The van der Waals surface area contributed by atoms with Gasteiger partial charge < -0.3 is 15.2 Å². The lowest BCUT2D eigenvalue weighted by molar-refractivity contribution is 0.0532. The summed E-state index contributed by atoms with van der Waals surface area (Å²) >= 11 is 0. The molecule has 190 valence electrons. The Bertz CT molecular complexity index is 1450. The smallest absolute Gasteiger partial charge is 0.230 e. The number of fused-ring (bicyclic) bond motifs is 1. The summed E-state index contributed by atoms with van der Waals surface area (Å²) in [6, 6.07) is 12.4. The molecule has 3 aromatic heterocycles. The van der Waals surface area contributed by atoms with Crippen LogP contribution >= 0.6 is 0 Å². The van der Waals surface area contributed by atoms with Gasteiger partial charge in [-0.3, -0.25) is 14.4 Å². The van der Waals surface area contributed by atoms with Crippen molar-refractivity contribution in [1.82, 2.24) is 29.6 Å². The number of hydrogen-bond donors (Lipinski definition) is 2. The van der Waals surface area contributed by atoms with E-state index in [0.29, 0.717) is 5.90 Å². The second-order valence-corrected chi connectivity index (χ2v) is 9.61. The molecule has 1 fully saturated rings. The first kappa shape index (κ1) is 23.2. The van der Waals surface area contributed by atoms with Crippen LogP contribution in [0.1, 0.15) is 31.7 Å². The normalized spacial score (nSPS) is 21.8. The molecule has 1 saturated carbocycles. The number of benzene rings is 1. The molecule has 0 saturated heterocycles. The fourth-order valence-corrected chi connectivity index (χ4v) is 4.99. The van der Waals surface area contributed by atoms with Crippen molar-refractivity contribution in [2.45, 2.75) is 44.1 Å². The van der Waals surface area contributed by atoms with E-state index in [2.05, 4.69) is 31.2 Å². The number of nitrogens with zero attached hydrogens (tertiary/aromatic N) is 7. The molecule has 1 aromatic carbocycles. The number of aliphatic hydroxyl groups is 1. The monoisotopic (exact) mass is 498 g/mol. The zero-order valence-electron chi connectivity index (χ0n) is 20.9. The topological polar surface area (TPSA) is 106 Å². The second-order valence-electron chi connectivity index (χ2n) is 9.61. The van der Waals surface area contributed by atoms with Gasteiger partial charge in [0, 0.05) is 55.3 Å². The molecule has 2 N–H and O–H groups in total. The average Bonchev–Trinajstić information content (AvgIpc) is 3.51. The van der Waals surface area contributed by atoms with Gasteiger partial charge in [-0.05, 0) is 43.9 Å². The van der Waals surface area contributed by atoms with E-state index < -0.39 is 6.23 Å². The molecule has 37 heavy (non-hydrogen) atoms. The van der Waals surface area contributed by atoms with Gasteiger partial charge in [-0.15, -0.1) is 5.10 Å². The van der Waals surface area contributed by atoms with Gasteiger partial charge in [0.1, 0.15) is 17.6 Å². The van der Waals surface area contributed by atoms with Crippen LogP contribution in [0, 0.1) is 0 Å². The fraction of sp³-hybridized carbons (Fsp3) is 0.333. The highest BCUT2D eigenvalue weighted by molar-refractivity contribution is 5.94. The minimum atomic E-state index is -0.707. The maximum absolute atomic E-state index is 9.79. The van der Waals surface area contributed by atoms with Crippen molar-refractivity contribution in [3.05, 3.63) is 67.1 Å². The van der Waals surface area contributed by atoms with Crippen LogP contribution in [0.4, 0.5) is 11.5 Å². The van der Waals surface area contributed by atoms with Crippen molar-refractivity contribution < 1.29 is 9.84 Å². The Balaban J connectivity index is 1.26. The molecule has 2 aliphatic rings. The Hall–Kier alpha value is -4.18. The summed E-state index contributed by atoms with van der Waals surface area (Å²) in [4.78, 5) is 4.69. The number of anilines is 2. The molecule has 0 radical (unpaired) electrons. The van der Waals surface area contributed by atoms with Gasteiger partial charge in [0.05, 0.1) is 17.8 Å². The quantitative estimate of drug-likeness (QED) is 0.425. The van der Waals surface area contributed by atoms with Gasteiger partial charge in [-0.2, -0.15) is 10.2 Å². The van der Waals surface area contributed by atoms with Crippen molar-refractivity contribution in [2.75, 3.05) is 12.4 Å². The number of rotatable bonds is 5. The maximum atomic E-state index is 9.79. The molecule has 0 amide bonds. The molecule has 1 atom stereocenters. The predicted molar refractivity (Wildman–Crippen MR) is 142 cm³/mol. The molecule has 4 aromatic rings. The van der Waals surface area contributed by atoms with Crippen molar-refractivity contribution >= 4 is 28.3 Å². The number of ether oxygens (including phenoxy) is 1. The van der Waals surface area contributed by atoms with Crippen LogP contribution in [0.5, 0.6) is 0 Å². The lowest BCUT2D eigenvalue weighted by Gasteiger charge is -2.30. The molecule has 1 unspecified atom stereocenters. The molecule has 10 heteroatoms. The lowest BCUT2D eigenvalue weighted by atomic mass is 9.93. The highest BCUT2D eigenvalue weighted by atomic mass is 16.5.